The van der Waals surface area contributed by atoms with Crippen LogP contribution in [0.3, 0.4) is 0 Å². The molecule has 2 aromatic heterocycles. The number of aryl methyl sites for hydroxylation is 1. The highest BCUT2D eigenvalue weighted by Gasteiger charge is 2.11. The normalized spacial score (nSPS) is 12.4. The molecule has 2 heterocycles. The van der Waals surface area contributed by atoms with Crippen LogP contribution in [0.4, 0.5) is 0 Å². The molecule has 0 amide bonds. The maximum absolute atomic E-state index is 5.60. The van der Waals surface area contributed by atoms with Crippen LogP contribution in [0.2, 0.25) is 0 Å². The molecule has 3 N–H and O–H groups in total. The van der Waals surface area contributed by atoms with E-state index in [1.807, 2.05) is 37.3 Å². The van der Waals surface area contributed by atoms with E-state index in [9.17, 15) is 0 Å². The lowest BCUT2D eigenvalue weighted by atomic mass is 10.0. The number of nitrogens with two attached hydrogens (primary N) is 1. The van der Waals surface area contributed by atoms with Crippen molar-refractivity contribution >= 4 is 0 Å². The molecule has 1 unspecified atom stereocenters. The summed E-state index contributed by atoms with van der Waals surface area (Å²) in [5, 5.41) is 0. The Morgan fingerprint density at radius 3 is 2.65 bits per heavy atom. The van der Waals surface area contributed by atoms with Gasteiger partial charge in [-0.15, -0.1) is 0 Å². The second-order valence-corrected chi connectivity index (χ2v) is 3.98. The maximum atomic E-state index is 5.60. The number of hydrazine groups is 1. The van der Waals surface area contributed by atoms with E-state index in [0.717, 1.165) is 17.8 Å². The van der Waals surface area contributed by atoms with Gasteiger partial charge in [0, 0.05) is 18.1 Å². The van der Waals surface area contributed by atoms with Gasteiger partial charge in [0.2, 0.25) is 0 Å². The van der Waals surface area contributed by atoms with E-state index in [1.54, 1.807) is 12.4 Å². The van der Waals surface area contributed by atoms with Gasteiger partial charge in [-0.2, -0.15) is 0 Å². The van der Waals surface area contributed by atoms with E-state index >= 15 is 0 Å². The fraction of sp³-hybridized carbons (Fsp3) is 0.231. The summed E-state index contributed by atoms with van der Waals surface area (Å²) < 4.78 is 0. The second kappa shape index (κ2) is 5.52. The van der Waals surface area contributed by atoms with Crippen molar-refractivity contribution in [3.05, 3.63) is 59.7 Å². The SMILES string of the molecule is Cc1cccc(C(Cc2ccncc2)NN)n1. The van der Waals surface area contributed by atoms with Crippen LogP contribution in [0, 0.1) is 6.92 Å². The van der Waals surface area contributed by atoms with Gasteiger partial charge in [0.1, 0.15) is 0 Å². The van der Waals surface area contributed by atoms with Crippen LogP contribution in [0.1, 0.15) is 23.0 Å². The van der Waals surface area contributed by atoms with Gasteiger partial charge in [0.25, 0.3) is 0 Å². The molecule has 0 aliphatic heterocycles. The Morgan fingerprint density at radius 2 is 2.00 bits per heavy atom. The second-order valence-electron chi connectivity index (χ2n) is 3.98. The Hall–Kier alpha value is -1.78. The molecule has 17 heavy (non-hydrogen) atoms. The summed E-state index contributed by atoms with van der Waals surface area (Å²) in [4.78, 5) is 8.48. The van der Waals surface area contributed by atoms with E-state index < -0.39 is 0 Å². The lowest BCUT2D eigenvalue weighted by molar-refractivity contribution is 0.537. The molecule has 0 aliphatic rings. The van der Waals surface area contributed by atoms with Crippen LogP contribution in [0.15, 0.2) is 42.7 Å². The van der Waals surface area contributed by atoms with Crippen LogP contribution in [0.25, 0.3) is 0 Å². The molecule has 0 saturated heterocycles. The van der Waals surface area contributed by atoms with Crippen molar-refractivity contribution in [1.29, 1.82) is 0 Å². The summed E-state index contributed by atoms with van der Waals surface area (Å²) in [5.41, 5.74) is 5.96. The molecule has 4 heteroatoms. The topological polar surface area (TPSA) is 63.8 Å². The molecule has 1 atom stereocenters. The summed E-state index contributed by atoms with van der Waals surface area (Å²) in [6, 6.07) is 9.95. The van der Waals surface area contributed by atoms with E-state index in [2.05, 4.69) is 15.4 Å². The third kappa shape index (κ3) is 3.09. The first-order valence-electron chi connectivity index (χ1n) is 5.58. The third-order valence-electron chi connectivity index (χ3n) is 2.66. The molecular formula is C13H16N4. The predicted octanol–water partition coefficient (Wildman–Crippen LogP) is 1.53. The van der Waals surface area contributed by atoms with Gasteiger partial charge in [-0.3, -0.25) is 21.2 Å². The standard InChI is InChI=1S/C13H16N4/c1-10-3-2-4-12(16-10)13(17-14)9-11-5-7-15-8-6-11/h2-8,13,17H,9,14H2,1H3. The summed E-state index contributed by atoms with van der Waals surface area (Å²) >= 11 is 0. The highest BCUT2D eigenvalue weighted by atomic mass is 15.2. The molecular weight excluding hydrogens is 212 g/mol. The summed E-state index contributed by atoms with van der Waals surface area (Å²) in [6.45, 7) is 1.98. The Kier molecular flexibility index (Phi) is 3.80. The smallest absolute Gasteiger partial charge is 0.0672 e. The molecule has 0 fully saturated rings. The highest BCUT2D eigenvalue weighted by molar-refractivity contribution is 5.18. The molecule has 88 valence electrons. The zero-order valence-electron chi connectivity index (χ0n) is 9.80. The first kappa shape index (κ1) is 11.7. The Balaban J connectivity index is 2.17. The largest absolute Gasteiger partial charge is 0.271 e. The first-order valence-corrected chi connectivity index (χ1v) is 5.58. The average molecular weight is 228 g/mol. The molecule has 4 nitrogen and oxygen atoms in total. The third-order valence-corrected chi connectivity index (χ3v) is 2.66. The quantitative estimate of drug-likeness (QED) is 0.615. The number of aromatic nitrogens is 2. The van der Waals surface area contributed by atoms with E-state index in [0.29, 0.717) is 0 Å². The van der Waals surface area contributed by atoms with Crippen LogP contribution < -0.4 is 11.3 Å². The molecule has 2 rings (SSSR count). The number of hydrogen-bond donors (Lipinski definition) is 2. The minimum absolute atomic E-state index is 0.0253. The lowest BCUT2D eigenvalue weighted by Gasteiger charge is -2.15. The van der Waals surface area contributed by atoms with Gasteiger partial charge < -0.3 is 0 Å². The van der Waals surface area contributed by atoms with Crippen LogP contribution in [-0.2, 0) is 6.42 Å². The van der Waals surface area contributed by atoms with E-state index in [1.165, 1.54) is 5.56 Å². The monoisotopic (exact) mass is 228 g/mol. The average Bonchev–Trinajstić information content (AvgIpc) is 2.37. The molecule has 0 aliphatic carbocycles. The molecule has 0 aromatic carbocycles. The van der Waals surface area contributed by atoms with Crippen LogP contribution >= 0.6 is 0 Å². The van der Waals surface area contributed by atoms with Gasteiger partial charge in [-0.25, -0.2) is 0 Å². The van der Waals surface area contributed by atoms with E-state index in [4.69, 9.17) is 5.84 Å². The van der Waals surface area contributed by atoms with Crippen molar-refractivity contribution in [3.8, 4) is 0 Å². The fourth-order valence-corrected chi connectivity index (χ4v) is 1.76. The van der Waals surface area contributed by atoms with Crippen molar-refractivity contribution in [2.45, 2.75) is 19.4 Å². The zero-order valence-corrected chi connectivity index (χ0v) is 9.80. The van der Waals surface area contributed by atoms with Crippen molar-refractivity contribution in [2.24, 2.45) is 5.84 Å². The van der Waals surface area contributed by atoms with Crippen LogP contribution in [-0.4, -0.2) is 9.97 Å². The molecule has 0 bridgehead atoms. The van der Waals surface area contributed by atoms with Crippen molar-refractivity contribution < 1.29 is 0 Å². The highest BCUT2D eigenvalue weighted by Crippen LogP contribution is 2.15. The van der Waals surface area contributed by atoms with Gasteiger partial charge in [0.05, 0.1) is 11.7 Å². The summed E-state index contributed by atoms with van der Waals surface area (Å²) in [6.07, 6.45) is 4.37. The number of hydrogen-bond acceptors (Lipinski definition) is 4. The van der Waals surface area contributed by atoms with E-state index in [-0.39, 0.29) is 6.04 Å². The number of nitrogens with one attached hydrogen (secondary N) is 1. The summed E-state index contributed by atoms with van der Waals surface area (Å²) in [5.74, 6) is 5.60. The number of rotatable bonds is 4. The number of pyridine rings is 2. The Morgan fingerprint density at radius 1 is 1.24 bits per heavy atom. The minimum Gasteiger partial charge on any atom is -0.271 e. The number of nitrogens with zero attached hydrogens (tertiary/aromatic N) is 2. The summed E-state index contributed by atoms with van der Waals surface area (Å²) in [7, 11) is 0. The lowest BCUT2D eigenvalue weighted by Crippen LogP contribution is -2.30. The van der Waals surface area contributed by atoms with Gasteiger partial charge in [-0.1, -0.05) is 6.07 Å². The fourth-order valence-electron chi connectivity index (χ4n) is 1.76. The van der Waals surface area contributed by atoms with Gasteiger partial charge >= 0.3 is 0 Å². The minimum atomic E-state index is 0.0253. The molecule has 0 saturated carbocycles. The maximum Gasteiger partial charge on any atom is 0.0672 e. The Bertz CT molecular complexity index is 470. The van der Waals surface area contributed by atoms with Gasteiger partial charge in [-0.05, 0) is 43.2 Å². The van der Waals surface area contributed by atoms with Gasteiger partial charge in [0.15, 0.2) is 0 Å². The zero-order chi connectivity index (χ0) is 12.1. The molecule has 2 aromatic rings. The molecule has 0 radical (unpaired) electrons. The van der Waals surface area contributed by atoms with Crippen molar-refractivity contribution in [1.82, 2.24) is 15.4 Å². The Labute approximate surface area is 101 Å². The van der Waals surface area contributed by atoms with Crippen molar-refractivity contribution in [3.63, 3.8) is 0 Å². The van der Waals surface area contributed by atoms with Crippen molar-refractivity contribution in [2.75, 3.05) is 0 Å². The first-order chi connectivity index (χ1) is 8.29. The molecule has 0 spiro atoms. The predicted molar refractivity (Wildman–Crippen MR) is 67.0 cm³/mol. The van der Waals surface area contributed by atoms with Crippen LogP contribution in [0.5, 0.6) is 0 Å².